The number of halogens is 1. The van der Waals surface area contributed by atoms with E-state index in [2.05, 4.69) is 0 Å². The van der Waals surface area contributed by atoms with Crippen molar-refractivity contribution in [3.63, 3.8) is 0 Å². The first-order valence-corrected chi connectivity index (χ1v) is 6.58. The van der Waals surface area contributed by atoms with Crippen LogP contribution < -0.4 is 4.74 Å². The van der Waals surface area contributed by atoms with E-state index in [1.54, 1.807) is 0 Å². The molecule has 2 rings (SSSR count). The first-order valence-electron chi connectivity index (χ1n) is 6.58. The summed E-state index contributed by atoms with van der Waals surface area (Å²) in [4.78, 5) is 21.7. The quantitative estimate of drug-likeness (QED) is 0.613. The minimum atomic E-state index is -0.778. The van der Waals surface area contributed by atoms with Crippen molar-refractivity contribution in [2.45, 2.75) is 39.2 Å². The van der Waals surface area contributed by atoms with Gasteiger partial charge < -0.3 is 4.74 Å². The fraction of sp³-hybridized carbons (Fsp3) is 0.500. The zero-order chi connectivity index (χ0) is 14.9. The molecular formula is C14H16FNO4. The summed E-state index contributed by atoms with van der Waals surface area (Å²) < 4.78 is 19.3. The van der Waals surface area contributed by atoms with Gasteiger partial charge in [-0.25, -0.2) is 4.39 Å². The molecule has 6 heteroatoms. The molecule has 1 fully saturated rings. The normalized spacial score (nSPS) is 20.4. The topological polar surface area (TPSA) is 69.4 Å². The van der Waals surface area contributed by atoms with E-state index in [-0.39, 0.29) is 29.7 Å². The molecule has 5 nitrogen and oxygen atoms in total. The number of carbonyl (C=O) groups excluding carboxylic acids is 1. The maximum absolute atomic E-state index is 13.8. The highest BCUT2D eigenvalue weighted by Crippen LogP contribution is 2.46. The van der Waals surface area contributed by atoms with Crippen molar-refractivity contribution in [3.8, 4) is 5.75 Å². The SMILES string of the molecule is CCC1(CC)C(=O)CC1Oc1ccc([N+](=O)[O-])cc1F. The number of rotatable bonds is 5. The molecule has 108 valence electrons. The van der Waals surface area contributed by atoms with Crippen LogP contribution in [-0.2, 0) is 4.79 Å². The van der Waals surface area contributed by atoms with Crippen molar-refractivity contribution >= 4 is 11.5 Å². The monoisotopic (exact) mass is 281 g/mol. The second-order valence-electron chi connectivity index (χ2n) is 4.97. The average Bonchev–Trinajstić information content (AvgIpc) is 2.41. The molecule has 0 heterocycles. The second-order valence-corrected chi connectivity index (χ2v) is 4.97. The first-order chi connectivity index (χ1) is 9.44. The molecule has 0 radical (unpaired) electrons. The Kier molecular flexibility index (Phi) is 3.74. The lowest BCUT2D eigenvalue weighted by atomic mass is 9.61. The van der Waals surface area contributed by atoms with E-state index in [1.165, 1.54) is 12.1 Å². The molecule has 0 amide bonds. The van der Waals surface area contributed by atoms with E-state index in [9.17, 15) is 19.3 Å². The van der Waals surface area contributed by atoms with Gasteiger partial charge in [-0.2, -0.15) is 0 Å². The van der Waals surface area contributed by atoms with Crippen LogP contribution in [0.2, 0.25) is 0 Å². The van der Waals surface area contributed by atoms with Crippen molar-refractivity contribution in [3.05, 3.63) is 34.1 Å². The maximum Gasteiger partial charge on any atom is 0.272 e. The van der Waals surface area contributed by atoms with Gasteiger partial charge in [-0.05, 0) is 18.9 Å². The zero-order valence-corrected chi connectivity index (χ0v) is 11.4. The summed E-state index contributed by atoms with van der Waals surface area (Å²) in [6.07, 6.45) is 1.18. The van der Waals surface area contributed by atoms with E-state index in [0.29, 0.717) is 12.8 Å². The number of nitrogens with zero attached hydrogens (tertiary/aromatic N) is 1. The number of benzene rings is 1. The van der Waals surface area contributed by atoms with Gasteiger partial charge in [0.05, 0.1) is 16.4 Å². The van der Waals surface area contributed by atoms with Crippen molar-refractivity contribution in [2.24, 2.45) is 5.41 Å². The van der Waals surface area contributed by atoms with Gasteiger partial charge in [-0.1, -0.05) is 13.8 Å². The smallest absolute Gasteiger partial charge is 0.272 e. The van der Waals surface area contributed by atoms with E-state index in [1.807, 2.05) is 13.8 Å². The number of ether oxygens (including phenoxy) is 1. The molecule has 0 N–H and O–H groups in total. The average molecular weight is 281 g/mol. The Labute approximate surface area is 115 Å². The summed E-state index contributed by atoms with van der Waals surface area (Å²) in [5.74, 6) is -0.686. The van der Waals surface area contributed by atoms with Gasteiger partial charge in [0.2, 0.25) is 0 Å². The number of carbonyl (C=O) groups is 1. The molecule has 0 aliphatic heterocycles. The summed E-state index contributed by atoms with van der Waals surface area (Å²) in [7, 11) is 0. The van der Waals surface area contributed by atoms with E-state index in [4.69, 9.17) is 4.74 Å². The van der Waals surface area contributed by atoms with Gasteiger partial charge in [0.25, 0.3) is 5.69 Å². The van der Waals surface area contributed by atoms with E-state index in [0.717, 1.165) is 6.07 Å². The maximum atomic E-state index is 13.8. The third-order valence-corrected chi connectivity index (χ3v) is 4.20. The lowest BCUT2D eigenvalue weighted by Gasteiger charge is -2.46. The number of Topliss-reactive ketones (excluding diaryl/α,β-unsaturated/α-hetero) is 1. The van der Waals surface area contributed by atoms with Gasteiger partial charge in [-0.3, -0.25) is 14.9 Å². The molecular weight excluding hydrogens is 265 g/mol. The third kappa shape index (κ3) is 2.15. The van der Waals surface area contributed by atoms with Gasteiger partial charge in [0.15, 0.2) is 11.6 Å². The fourth-order valence-electron chi connectivity index (χ4n) is 2.72. The molecule has 0 saturated heterocycles. The van der Waals surface area contributed by atoms with Crippen LogP contribution in [0.4, 0.5) is 10.1 Å². The highest BCUT2D eigenvalue weighted by atomic mass is 19.1. The number of hydrogen-bond donors (Lipinski definition) is 0. The van der Waals surface area contributed by atoms with Crippen molar-refractivity contribution in [1.82, 2.24) is 0 Å². The van der Waals surface area contributed by atoms with Crippen LogP contribution in [0.5, 0.6) is 5.75 Å². The zero-order valence-electron chi connectivity index (χ0n) is 11.4. The van der Waals surface area contributed by atoms with Crippen LogP contribution in [-0.4, -0.2) is 16.8 Å². The number of nitro benzene ring substituents is 1. The van der Waals surface area contributed by atoms with Crippen LogP contribution in [0.15, 0.2) is 18.2 Å². The molecule has 1 aliphatic rings. The highest BCUT2D eigenvalue weighted by molar-refractivity contribution is 5.92. The lowest BCUT2D eigenvalue weighted by molar-refractivity contribution is -0.385. The Balaban J connectivity index is 2.19. The Morgan fingerprint density at radius 1 is 1.45 bits per heavy atom. The molecule has 0 spiro atoms. The fourth-order valence-corrected chi connectivity index (χ4v) is 2.72. The van der Waals surface area contributed by atoms with Crippen LogP contribution in [0.25, 0.3) is 0 Å². The lowest BCUT2D eigenvalue weighted by Crippen LogP contribution is -2.56. The van der Waals surface area contributed by atoms with E-state index < -0.39 is 16.2 Å². The molecule has 1 saturated carbocycles. The second kappa shape index (κ2) is 5.19. The van der Waals surface area contributed by atoms with Gasteiger partial charge in [-0.15, -0.1) is 0 Å². The highest BCUT2D eigenvalue weighted by Gasteiger charge is 2.54. The summed E-state index contributed by atoms with van der Waals surface area (Å²) in [6, 6.07) is 3.26. The van der Waals surface area contributed by atoms with Crippen molar-refractivity contribution in [2.75, 3.05) is 0 Å². The summed E-state index contributed by atoms with van der Waals surface area (Å²) >= 11 is 0. The Hall–Kier alpha value is -1.98. The van der Waals surface area contributed by atoms with Gasteiger partial charge >= 0.3 is 0 Å². The Morgan fingerprint density at radius 2 is 2.10 bits per heavy atom. The van der Waals surface area contributed by atoms with Crippen molar-refractivity contribution in [1.29, 1.82) is 0 Å². The largest absolute Gasteiger partial charge is 0.486 e. The molecule has 1 unspecified atom stereocenters. The summed E-state index contributed by atoms with van der Waals surface area (Å²) in [5.41, 5.74) is -0.870. The van der Waals surface area contributed by atoms with Crippen molar-refractivity contribution < 1.29 is 18.8 Å². The van der Waals surface area contributed by atoms with Crippen LogP contribution in [0, 0.1) is 21.3 Å². The van der Waals surface area contributed by atoms with Crippen LogP contribution in [0.3, 0.4) is 0 Å². The Bertz CT molecular complexity index is 554. The molecule has 1 aromatic rings. The predicted molar refractivity (Wildman–Crippen MR) is 70.1 cm³/mol. The number of ketones is 1. The molecule has 20 heavy (non-hydrogen) atoms. The van der Waals surface area contributed by atoms with Gasteiger partial charge in [0.1, 0.15) is 11.9 Å². The predicted octanol–water partition coefficient (Wildman–Crippen LogP) is 3.26. The van der Waals surface area contributed by atoms with Crippen LogP contribution >= 0.6 is 0 Å². The molecule has 0 bridgehead atoms. The Morgan fingerprint density at radius 3 is 2.55 bits per heavy atom. The van der Waals surface area contributed by atoms with E-state index >= 15 is 0 Å². The molecule has 1 aromatic carbocycles. The standard InChI is InChI=1S/C14H16FNO4/c1-3-14(4-2)12(17)8-13(14)20-11-6-5-9(16(18)19)7-10(11)15/h5-7,13H,3-4,8H2,1-2H3. The number of non-ortho nitro benzene ring substituents is 1. The number of hydrogen-bond acceptors (Lipinski definition) is 4. The van der Waals surface area contributed by atoms with Crippen LogP contribution in [0.1, 0.15) is 33.1 Å². The minimum Gasteiger partial charge on any atom is -0.486 e. The minimum absolute atomic E-state index is 0.0422. The summed E-state index contributed by atoms with van der Waals surface area (Å²) in [5, 5.41) is 10.5. The number of nitro groups is 1. The molecule has 0 aromatic heterocycles. The third-order valence-electron chi connectivity index (χ3n) is 4.20. The van der Waals surface area contributed by atoms with Gasteiger partial charge in [0, 0.05) is 12.5 Å². The molecule has 1 atom stereocenters. The first kappa shape index (κ1) is 14.4. The molecule has 1 aliphatic carbocycles. The summed E-state index contributed by atoms with van der Waals surface area (Å²) in [6.45, 7) is 3.81.